The van der Waals surface area contributed by atoms with Gasteiger partial charge in [-0.1, -0.05) is 35.5 Å². The number of aliphatic hydroxyl groups excluding tert-OH is 1. The number of piperidine rings is 1. The number of aliphatic hydroxyl groups is 1. The van der Waals surface area contributed by atoms with Gasteiger partial charge in [0.15, 0.2) is 17.5 Å². The van der Waals surface area contributed by atoms with Gasteiger partial charge in [0.25, 0.3) is 11.7 Å². The zero-order valence-corrected chi connectivity index (χ0v) is 56.2. The van der Waals surface area contributed by atoms with Gasteiger partial charge in [0.1, 0.15) is 23.6 Å². The summed E-state index contributed by atoms with van der Waals surface area (Å²) in [5.74, 6) is -7.39. The lowest BCUT2D eigenvalue weighted by atomic mass is 9.93. The minimum Gasteiger partial charge on any atom is -0.494 e. The first-order valence-corrected chi connectivity index (χ1v) is 33.6. The van der Waals surface area contributed by atoms with Crippen LogP contribution in [0.3, 0.4) is 0 Å². The number of aliphatic imine (C=N–C) groups is 1. The van der Waals surface area contributed by atoms with Crippen LogP contribution in [0.25, 0.3) is 22.3 Å². The summed E-state index contributed by atoms with van der Waals surface area (Å²) in [5, 5.41) is 33.1. The van der Waals surface area contributed by atoms with E-state index in [9.17, 15) is 42.7 Å². The Balaban J connectivity index is 0.541. The molecule has 1 unspecified atom stereocenters. The van der Waals surface area contributed by atoms with Crippen molar-refractivity contribution in [2.75, 3.05) is 178 Å². The highest BCUT2D eigenvalue weighted by molar-refractivity contribution is 6.45. The zero-order chi connectivity index (χ0) is 70.3. The smallest absolute Gasteiger partial charge is 0.316 e. The lowest BCUT2D eigenvalue weighted by Gasteiger charge is -2.34. The third-order valence-corrected chi connectivity index (χ3v) is 16.9. The molecule has 29 nitrogen and oxygen atoms in total. The number of pyridine rings is 1. The number of rotatable bonds is 43. The number of carbonyl (C=O) groups excluding carboxylic acids is 4. The number of hydrogen-bond donors (Lipinski definition) is 2. The number of esters is 1. The fourth-order valence-corrected chi connectivity index (χ4v) is 11.6. The fraction of sp³-hybridized carbons (Fsp3) is 0.544. The van der Waals surface area contributed by atoms with Gasteiger partial charge in [0, 0.05) is 88.9 Å². The maximum Gasteiger partial charge on any atom is 0.316 e. The van der Waals surface area contributed by atoms with Crippen molar-refractivity contribution in [2.24, 2.45) is 10.9 Å². The SMILES string of the molecule is COc1cnc(-n2cnc(C(=O)N=CC3C[C@@H](CO)N(CCCCN4CCN(CCOCCOCCOCCOCc5cn(CCOCCOCCOCCOCCC(=O)Oc6c(F)cc(F)cc6F)nn5)CC4)C3)n2)c2[nH]cc(C(=O)C(=O)N3CCC(=C(C#N)c4ccccc4)CC3)c12. The number of hydrogen-bond acceptors (Lipinski definition) is 24. The van der Waals surface area contributed by atoms with E-state index in [1.807, 2.05) is 30.3 Å². The second kappa shape index (κ2) is 40.8. The number of H-pyrrole nitrogens is 1. The number of allylic oxidation sites excluding steroid dienone is 1. The van der Waals surface area contributed by atoms with Crippen LogP contribution < -0.4 is 9.47 Å². The molecule has 0 bridgehead atoms. The molecule has 2 N–H and O–H groups in total. The molecule has 0 spiro atoms. The maximum absolute atomic E-state index is 13.9. The van der Waals surface area contributed by atoms with Crippen molar-refractivity contribution in [3.05, 3.63) is 113 Å². The van der Waals surface area contributed by atoms with Crippen LogP contribution in [0.1, 0.15) is 70.8 Å². The first-order chi connectivity index (χ1) is 48.9. The molecule has 7 heterocycles. The third-order valence-electron chi connectivity index (χ3n) is 16.9. The molecule has 9 rings (SSSR count). The summed E-state index contributed by atoms with van der Waals surface area (Å²) in [7, 11) is 1.44. The minimum atomic E-state index is -1.31. The molecule has 3 aliphatic rings. The number of carbonyl (C=O) groups is 4. The molecule has 2 amide bonds. The molecule has 3 fully saturated rings. The van der Waals surface area contributed by atoms with Crippen LogP contribution in [-0.4, -0.2) is 279 Å². The van der Waals surface area contributed by atoms with Crippen LogP contribution in [0.2, 0.25) is 0 Å². The number of methoxy groups -OCH3 is 1. The second-order valence-corrected chi connectivity index (χ2v) is 23.7. The van der Waals surface area contributed by atoms with Crippen LogP contribution in [0.4, 0.5) is 13.2 Å². The van der Waals surface area contributed by atoms with E-state index >= 15 is 0 Å². The second-order valence-electron chi connectivity index (χ2n) is 23.7. The van der Waals surface area contributed by atoms with Crippen LogP contribution in [-0.2, 0) is 60.6 Å². The number of ketones is 1. The topological polar surface area (TPSA) is 320 Å². The molecular formula is C68H87F3N14O15. The molecule has 6 aromatic rings. The molecule has 3 aliphatic heterocycles. The van der Waals surface area contributed by atoms with E-state index in [0.717, 1.165) is 69.8 Å². The molecule has 540 valence electrons. The first kappa shape index (κ1) is 75.9. The van der Waals surface area contributed by atoms with Crippen molar-refractivity contribution < 1.29 is 84.8 Å². The number of unbranched alkanes of at least 4 members (excludes halogenated alkanes) is 1. The summed E-state index contributed by atoms with van der Waals surface area (Å²) in [6, 6.07) is 12.5. The van der Waals surface area contributed by atoms with Gasteiger partial charge in [-0.25, -0.2) is 32.8 Å². The number of nitriles is 1. The van der Waals surface area contributed by atoms with Crippen LogP contribution >= 0.6 is 0 Å². The third kappa shape index (κ3) is 23.1. The number of ether oxygens (including phenoxy) is 10. The number of fused-ring (bicyclic) bond motifs is 1. The van der Waals surface area contributed by atoms with Gasteiger partial charge in [-0.2, -0.15) is 9.94 Å². The number of nitrogens with one attached hydrogen (secondary N) is 1. The minimum absolute atomic E-state index is 0.00855. The Labute approximate surface area is 577 Å². The molecule has 0 radical (unpaired) electrons. The highest BCUT2D eigenvalue weighted by atomic mass is 19.1. The van der Waals surface area contributed by atoms with Crippen molar-refractivity contribution >= 4 is 46.3 Å². The average Bonchev–Trinajstić information content (AvgIpc) is 1.60. The molecule has 0 aliphatic carbocycles. The van der Waals surface area contributed by atoms with Gasteiger partial charge >= 0.3 is 11.9 Å². The van der Waals surface area contributed by atoms with Gasteiger partial charge in [0.2, 0.25) is 11.6 Å². The Morgan fingerprint density at radius 2 is 1.36 bits per heavy atom. The Kier molecular flexibility index (Phi) is 31.0. The van der Waals surface area contributed by atoms with Crippen LogP contribution in [0.15, 0.2) is 77.9 Å². The molecule has 2 aromatic carbocycles. The number of nitrogens with zero attached hydrogens (tertiary/aromatic N) is 13. The highest BCUT2D eigenvalue weighted by Crippen LogP contribution is 2.33. The van der Waals surface area contributed by atoms with E-state index in [1.54, 1.807) is 17.1 Å². The molecule has 0 saturated carbocycles. The molecule has 4 aromatic heterocycles. The lowest BCUT2D eigenvalue weighted by Crippen LogP contribution is -2.47. The number of halogens is 3. The van der Waals surface area contributed by atoms with Gasteiger partial charge in [-0.15, -0.1) is 10.2 Å². The highest BCUT2D eigenvalue weighted by Gasteiger charge is 2.33. The van der Waals surface area contributed by atoms with Crippen molar-refractivity contribution in [3.63, 3.8) is 0 Å². The number of piperazine rings is 1. The summed E-state index contributed by atoms with van der Waals surface area (Å²) in [5.41, 5.74) is 3.48. The first-order valence-electron chi connectivity index (χ1n) is 33.6. The largest absolute Gasteiger partial charge is 0.494 e. The monoisotopic (exact) mass is 1400 g/mol. The number of amides is 2. The average molecular weight is 1400 g/mol. The predicted molar refractivity (Wildman–Crippen MR) is 354 cm³/mol. The molecule has 32 heteroatoms. The Hall–Kier alpha value is -8.30. The summed E-state index contributed by atoms with van der Waals surface area (Å²) < 4.78 is 98.0. The summed E-state index contributed by atoms with van der Waals surface area (Å²) >= 11 is 0. The van der Waals surface area contributed by atoms with Crippen molar-refractivity contribution in [3.8, 4) is 23.4 Å². The number of aromatic nitrogens is 8. The number of benzene rings is 2. The van der Waals surface area contributed by atoms with E-state index in [4.69, 9.17) is 42.6 Å². The molecule has 100 heavy (non-hydrogen) atoms. The van der Waals surface area contributed by atoms with Gasteiger partial charge in [-0.05, 0) is 56.3 Å². The predicted octanol–water partition coefficient (Wildman–Crippen LogP) is 4.56. The van der Waals surface area contributed by atoms with Gasteiger partial charge in [0.05, 0.1) is 173 Å². The van der Waals surface area contributed by atoms with Crippen molar-refractivity contribution in [1.29, 1.82) is 5.26 Å². The Bertz CT molecular complexity index is 3640. The lowest BCUT2D eigenvalue weighted by molar-refractivity contribution is -0.136. The summed E-state index contributed by atoms with van der Waals surface area (Å²) in [6.45, 7) is 14.2. The Morgan fingerprint density at radius 1 is 0.750 bits per heavy atom. The standard InChI is InChI=1S/C68H87F3N14O15/c1-91-59-43-74-66(62-61(59)56(42-73-62)63(88)68(90)82-14-9-51(10-15-82)55(40-72)50-7-3-2-4-8-50)85-48-76-65(78-85)67(89)75-41-49-37-54(46-86)83(44-49)13-6-5-12-80-16-18-81(19-17-80)20-23-93-26-29-96-33-34-98-35-36-99-47-53-45-84(79-77-53)21-24-94-27-30-97-32-31-95-28-25-92-22-11-60(87)100-64-57(70)38-52(69)39-58(64)71/h2-4,7-8,38-39,41-43,45,48-49,54,73,86H,5-6,9-37,44,46-47H2,1H3/t49?,54-/m0/s1. The molecular weight excluding hydrogens is 1310 g/mol. The van der Waals surface area contributed by atoms with Gasteiger partial charge in [-0.3, -0.25) is 29.0 Å². The number of aromatic amines is 1. The van der Waals surface area contributed by atoms with Crippen molar-refractivity contribution in [1.82, 2.24) is 59.3 Å². The van der Waals surface area contributed by atoms with E-state index < -0.39 is 46.8 Å². The van der Waals surface area contributed by atoms with Crippen LogP contribution in [0.5, 0.6) is 11.5 Å². The molecule has 2 atom stereocenters. The number of Topliss-reactive ketones (excluding diaryl/α,β-unsaturated/α-hetero) is 1. The Morgan fingerprint density at radius 3 is 2.00 bits per heavy atom. The van der Waals surface area contributed by atoms with E-state index in [-0.39, 0.29) is 80.9 Å². The number of likely N-dealkylation sites (tertiary alicyclic amines) is 2. The summed E-state index contributed by atoms with van der Waals surface area (Å²) in [6.07, 6.45) is 10.9. The normalized spacial score (nSPS) is 16.3. The quantitative estimate of drug-likeness (QED) is 0.0101. The van der Waals surface area contributed by atoms with Crippen LogP contribution in [0, 0.1) is 34.7 Å². The van der Waals surface area contributed by atoms with Gasteiger partial charge < -0.3 is 67.3 Å². The van der Waals surface area contributed by atoms with Crippen molar-refractivity contribution in [2.45, 2.75) is 57.7 Å². The van der Waals surface area contributed by atoms with E-state index in [2.05, 4.69) is 60.9 Å². The maximum atomic E-state index is 13.9. The van der Waals surface area contributed by atoms with E-state index in [1.165, 1.54) is 35.4 Å². The molecule has 3 saturated heterocycles. The zero-order valence-electron chi connectivity index (χ0n) is 56.2. The van der Waals surface area contributed by atoms with E-state index in [0.29, 0.717) is 153 Å². The summed E-state index contributed by atoms with van der Waals surface area (Å²) in [4.78, 5) is 77.4. The fourth-order valence-electron chi connectivity index (χ4n) is 11.6.